The molecule has 0 aliphatic carbocycles. The van der Waals surface area contributed by atoms with Gasteiger partial charge in [-0.3, -0.25) is 0 Å². The van der Waals surface area contributed by atoms with E-state index in [9.17, 15) is 9.59 Å². The number of benzene rings is 2. The summed E-state index contributed by atoms with van der Waals surface area (Å²) in [6.07, 6.45) is 13.7. The van der Waals surface area contributed by atoms with Gasteiger partial charge < -0.3 is 19.4 Å². The maximum absolute atomic E-state index is 12.3. The van der Waals surface area contributed by atoms with E-state index in [0.717, 1.165) is 33.5 Å². The van der Waals surface area contributed by atoms with E-state index in [2.05, 4.69) is 5.92 Å². The number of nitrogens with zero attached hydrogens (tertiary/aromatic N) is 4. The second-order valence-corrected chi connectivity index (χ2v) is 11.0. The number of esters is 2. The molecule has 2 aliphatic rings. The Hall–Kier alpha value is -5.84. The van der Waals surface area contributed by atoms with Crippen LogP contribution in [0.1, 0.15) is 62.9 Å². The van der Waals surface area contributed by atoms with Crippen molar-refractivity contribution < 1.29 is 38.5 Å². The Balaban J connectivity index is 0.00000417. The molecule has 0 saturated carbocycles. The van der Waals surface area contributed by atoms with Crippen LogP contribution in [0.25, 0.3) is 68.6 Å². The predicted molar refractivity (Wildman–Crippen MR) is 188 cm³/mol. The molecular weight excluding hydrogens is 666 g/mol. The van der Waals surface area contributed by atoms with Gasteiger partial charge in [0.1, 0.15) is 0 Å². The van der Waals surface area contributed by atoms with Crippen LogP contribution in [-0.4, -0.2) is 35.1 Å². The molecule has 234 valence electrons. The fourth-order valence-electron chi connectivity index (χ4n) is 5.74. The summed E-state index contributed by atoms with van der Waals surface area (Å²) in [6.45, 7) is 4.15. The molecule has 49 heavy (non-hydrogen) atoms. The van der Waals surface area contributed by atoms with Gasteiger partial charge in [-0.2, -0.15) is 0 Å². The summed E-state index contributed by atoms with van der Waals surface area (Å²) in [4.78, 5) is 44.5. The molecule has 2 aliphatic heterocycles. The molecule has 0 fully saturated rings. The number of ether oxygens (including phenoxy) is 2. The second-order valence-electron chi connectivity index (χ2n) is 11.0. The Morgan fingerprint density at radius 2 is 1.16 bits per heavy atom. The van der Waals surface area contributed by atoms with Gasteiger partial charge in [0.15, 0.2) is 0 Å². The topological polar surface area (TPSA) is 107 Å². The van der Waals surface area contributed by atoms with E-state index in [1.165, 1.54) is 0 Å². The largest absolute Gasteiger partial charge is 2.00 e. The standard InChI is InChI=1S/C40H29N4O4.Zn/c1-4-30-31-19-21-35(43-31)37(24-7-11-26(12-8-24)39(45)47-5-2)33-17-15-28(41-33)23-29-16-18-34(42-29)38(36-22-20-32(30)44-36)25-9-13-27(14-10-25)40(46)48-6-3;/h1,7-23H,5-6H2,2-3H3,(H-,41,42,43,44,45,46);/q-1;+2/p-1. The van der Waals surface area contributed by atoms with Crippen molar-refractivity contribution in [3.8, 4) is 34.6 Å². The van der Waals surface area contributed by atoms with Crippen LogP contribution < -0.4 is 9.97 Å². The number of aromatic nitrogens is 4. The van der Waals surface area contributed by atoms with E-state index in [4.69, 9.17) is 35.8 Å². The maximum Gasteiger partial charge on any atom is 2.00 e. The zero-order chi connectivity index (χ0) is 33.2. The van der Waals surface area contributed by atoms with Crippen molar-refractivity contribution in [2.75, 3.05) is 13.2 Å². The van der Waals surface area contributed by atoms with Gasteiger partial charge in [-0.1, -0.05) is 60.5 Å². The van der Waals surface area contributed by atoms with Crippen molar-refractivity contribution in [1.82, 2.24) is 19.9 Å². The van der Waals surface area contributed by atoms with Crippen molar-refractivity contribution in [2.45, 2.75) is 13.8 Å². The molecule has 5 aromatic rings. The fraction of sp³-hybridized carbons (Fsp3) is 0.100. The van der Waals surface area contributed by atoms with Crippen LogP contribution in [-0.2, 0) is 29.0 Å². The number of fused-ring (bicyclic) bond motifs is 8. The SMILES string of the molecule is C#Cc1c2nc(c(-c3ccc(C(=O)OCC)cc3)c3ccc(cc4nc(c(-c5ccc(C(=O)OCC)cc5)c5ccc1[n-]5)C=C4)[n-]3)C=C2.[Zn+2]. The van der Waals surface area contributed by atoms with Gasteiger partial charge in [0, 0.05) is 5.56 Å². The Morgan fingerprint density at radius 3 is 1.76 bits per heavy atom. The number of hydrogen-bond donors (Lipinski definition) is 0. The van der Waals surface area contributed by atoms with E-state index in [1.54, 1.807) is 38.1 Å². The third-order valence-corrected chi connectivity index (χ3v) is 7.95. The van der Waals surface area contributed by atoms with E-state index in [-0.39, 0.29) is 31.4 Å². The second kappa shape index (κ2) is 14.1. The molecule has 0 N–H and O–H groups in total. The Kier molecular flexibility index (Phi) is 9.52. The van der Waals surface area contributed by atoms with Gasteiger partial charge in [-0.05, 0) is 84.7 Å². The molecule has 0 saturated heterocycles. The Morgan fingerprint density at radius 1 is 0.653 bits per heavy atom. The van der Waals surface area contributed by atoms with Crippen molar-refractivity contribution in [1.29, 1.82) is 0 Å². The third-order valence-electron chi connectivity index (χ3n) is 7.95. The normalized spacial score (nSPS) is 11.4. The van der Waals surface area contributed by atoms with Crippen molar-refractivity contribution >= 4 is 58.3 Å². The van der Waals surface area contributed by atoms with Crippen LogP contribution in [0.5, 0.6) is 0 Å². The van der Waals surface area contributed by atoms with Crippen LogP contribution in [0.2, 0.25) is 0 Å². The predicted octanol–water partition coefficient (Wildman–Crippen LogP) is 7.58. The van der Waals surface area contributed by atoms with Crippen molar-refractivity contribution in [2.24, 2.45) is 0 Å². The molecule has 8 bridgehead atoms. The molecule has 2 aromatic carbocycles. The first-order valence-electron chi connectivity index (χ1n) is 15.5. The first-order valence-corrected chi connectivity index (χ1v) is 15.5. The number of carbonyl (C=O) groups is 2. The zero-order valence-corrected chi connectivity index (χ0v) is 29.9. The molecule has 0 amide bonds. The Labute approximate surface area is 295 Å². The van der Waals surface area contributed by atoms with Crippen LogP contribution in [0, 0.1) is 12.3 Å². The van der Waals surface area contributed by atoms with Crippen LogP contribution in [0.15, 0.2) is 78.9 Å². The average molecular weight is 694 g/mol. The zero-order valence-electron chi connectivity index (χ0n) is 26.9. The van der Waals surface area contributed by atoms with E-state index < -0.39 is 0 Å². The minimum atomic E-state index is -0.380. The molecule has 0 spiro atoms. The first-order chi connectivity index (χ1) is 23.4. The third kappa shape index (κ3) is 6.52. The molecular formula is C40H28N4O4Zn. The summed E-state index contributed by atoms with van der Waals surface area (Å²) in [5.74, 6) is 2.04. The summed E-state index contributed by atoms with van der Waals surface area (Å²) in [5.41, 5.74) is 10.1. The quantitative estimate of drug-likeness (QED) is 0.0997. The minimum Gasteiger partial charge on any atom is -0.657 e. The maximum atomic E-state index is 12.3. The van der Waals surface area contributed by atoms with Crippen LogP contribution >= 0.6 is 0 Å². The van der Waals surface area contributed by atoms with Gasteiger partial charge in [0.2, 0.25) is 0 Å². The van der Waals surface area contributed by atoms with Gasteiger partial charge >= 0.3 is 31.4 Å². The van der Waals surface area contributed by atoms with Gasteiger partial charge in [0.05, 0.1) is 47.1 Å². The average Bonchev–Trinajstić information content (AvgIpc) is 3.93. The van der Waals surface area contributed by atoms with Crippen LogP contribution in [0.3, 0.4) is 0 Å². The summed E-state index contributed by atoms with van der Waals surface area (Å²) in [5, 5.41) is 0. The number of hydrogen-bond acceptors (Lipinski definition) is 6. The molecule has 7 rings (SSSR count). The summed E-state index contributed by atoms with van der Waals surface area (Å²) < 4.78 is 10.3. The first kappa shape index (κ1) is 33.1. The summed E-state index contributed by atoms with van der Waals surface area (Å²) in [7, 11) is 0. The number of carbonyl (C=O) groups excluding carboxylic acids is 2. The fourth-order valence-corrected chi connectivity index (χ4v) is 5.74. The van der Waals surface area contributed by atoms with Gasteiger partial charge in [-0.15, -0.1) is 28.5 Å². The monoisotopic (exact) mass is 692 g/mol. The molecule has 9 heteroatoms. The number of terminal acetylenes is 1. The Bertz CT molecular complexity index is 2300. The van der Waals surface area contributed by atoms with Crippen molar-refractivity contribution in [3.63, 3.8) is 0 Å². The van der Waals surface area contributed by atoms with Gasteiger partial charge in [-0.25, -0.2) is 19.6 Å². The van der Waals surface area contributed by atoms with E-state index in [0.29, 0.717) is 63.5 Å². The smallest absolute Gasteiger partial charge is 0.657 e. The summed E-state index contributed by atoms with van der Waals surface area (Å²) in [6, 6.07) is 24.0. The molecule has 0 unspecified atom stereocenters. The van der Waals surface area contributed by atoms with Crippen molar-refractivity contribution in [3.05, 3.63) is 118 Å². The molecule has 0 radical (unpaired) electrons. The van der Waals surface area contributed by atoms with Crippen LogP contribution in [0.4, 0.5) is 0 Å². The molecule has 5 heterocycles. The van der Waals surface area contributed by atoms with E-state index in [1.807, 2.05) is 78.9 Å². The molecule has 8 nitrogen and oxygen atoms in total. The number of rotatable bonds is 6. The minimum absolute atomic E-state index is 0. The van der Waals surface area contributed by atoms with E-state index >= 15 is 0 Å². The molecule has 3 aromatic heterocycles. The van der Waals surface area contributed by atoms with Gasteiger partial charge in [0.25, 0.3) is 0 Å². The summed E-state index contributed by atoms with van der Waals surface area (Å²) >= 11 is 0. The molecule has 0 atom stereocenters.